The molecule has 0 spiro atoms. The predicted molar refractivity (Wildman–Crippen MR) is 149 cm³/mol. The van der Waals surface area contributed by atoms with Crippen LogP contribution in [0.2, 0.25) is 5.02 Å². The third-order valence-electron chi connectivity index (χ3n) is 6.28. The molecular formula is C29H25ClN4O5. The number of methoxy groups -OCH3 is 2. The van der Waals surface area contributed by atoms with Crippen LogP contribution in [0.15, 0.2) is 73.1 Å². The van der Waals surface area contributed by atoms with Crippen molar-refractivity contribution in [1.82, 2.24) is 14.6 Å². The summed E-state index contributed by atoms with van der Waals surface area (Å²) in [6.07, 6.45) is 1.52. The highest BCUT2D eigenvalue weighted by Gasteiger charge is 2.25. The molecule has 0 fully saturated rings. The summed E-state index contributed by atoms with van der Waals surface area (Å²) in [6.45, 7) is 0. The smallest absolute Gasteiger partial charge is 0.303 e. The number of benzene rings is 3. The minimum absolute atomic E-state index is 0.0898. The largest absolute Gasteiger partial charge is 0.497 e. The zero-order chi connectivity index (χ0) is 27.5. The number of rotatable bonds is 9. The van der Waals surface area contributed by atoms with E-state index in [1.807, 2.05) is 36.4 Å². The minimum atomic E-state index is -0.918. The number of nitrogen functional groups attached to an aromatic ring is 1. The van der Waals surface area contributed by atoms with Crippen molar-refractivity contribution in [2.75, 3.05) is 20.0 Å². The third-order valence-corrected chi connectivity index (χ3v) is 6.52. The normalized spacial score (nSPS) is 10.9. The maximum Gasteiger partial charge on any atom is 0.303 e. The van der Waals surface area contributed by atoms with E-state index in [-0.39, 0.29) is 18.7 Å². The molecular weight excluding hydrogens is 520 g/mol. The second kappa shape index (κ2) is 10.9. The van der Waals surface area contributed by atoms with Gasteiger partial charge in [0.15, 0.2) is 17.3 Å². The molecule has 5 aromatic rings. The lowest BCUT2D eigenvalue weighted by Gasteiger charge is -2.13. The van der Waals surface area contributed by atoms with Gasteiger partial charge in [0.25, 0.3) is 0 Å². The number of nitrogens with two attached hydrogens (primary N) is 1. The van der Waals surface area contributed by atoms with E-state index >= 15 is 0 Å². The molecule has 0 aliphatic rings. The minimum Gasteiger partial charge on any atom is -0.497 e. The Kier molecular flexibility index (Phi) is 7.25. The van der Waals surface area contributed by atoms with E-state index in [0.717, 1.165) is 22.4 Å². The van der Waals surface area contributed by atoms with Crippen LogP contribution < -0.4 is 19.9 Å². The first-order chi connectivity index (χ1) is 18.9. The number of aliphatic carboxylic acids is 1. The average molecular weight is 545 g/mol. The van der Waals surface area contributed by atoms with Crippen molar-refractivity contribution in [1.29, 1.82) is 0 Å². The van der Waals surface area contributed by atoms with Gasteiger partial charge in [-0.15, -0.1) is 0 Å². The van der Waals surface area contributed by atoms with Crippen molar-refractivity contribution in [2.24, 2.45) is 0 Å². The molecule has 5 rings (SSSR count). The van der Waals surface area contributed by atoms with Crippen LogP contribution in [-0.4, -0.2) is 39.9 Å². The molecule has 3 N–H and O–H groups in total. The van der Waals surface area contributed by atoms with Crippen LogP contribution in [0.4, 0.5) is 5.82 Å². The predicted octanol–water partition coefficient (Wildman–Crippen LogP) is 6.13. The molecule has 198 valence electrons. The van der Waals surface area contributed by atoms with Crippen LogP contribution in [0.1, 0.15) is 12.0 Å². The van der Waals surface area contributed by atoms with E-state index in [4.69, 9.17) is 31.5 Å². The van der Waals surface area contributed by atoms with Crippen LogP contribution in [0.3, 0.4) is 0 Å². The standard InChI is InChI=1S/C29H25ClN4O5/c1-37-20-9-6-17(7-10-20)27-22(11-13-25(35)36)26(28-29(31)32-16-33-34(27)28)18-8-12-23(24(14-18)38-2)39-21-5-3-4-19(30)15-21/h3-10,12,14-16H,11,13H2,1-2H3,(H,35,36)(H2,31,32,33). The molecule has 39 heavy (non-hydrogen) atoms. The lowest BCUT2D eigenvalue weighted by molar-refractivity contribution is -0.136. The molecule has 0 amide bonds. The Morgan fingerprint density at radius 2 is 1.74 bits per heavy atom. The molecule has 2 aromatic heterocycles. The number of ether oxygens (including phenoxy) is 3. The third kappa shape index (κ3) is 5.17. The van der Waals surface area contributed by atoms with E-state index in [1.165, 1.54) is 6.33 Å². The lowest BCUT2D eigenvalue weighted by atomic mass is 9.95. The van der Waals surface area contributed by atoms with Crippen LogP contribution >= 0.6 is 11.6 Å². The van der Waals surface area contributed by atoms with Crippen molar-refractivity contribution in [2.45, 2.75) is 12.8 Å². The van der Waals surface area contributed by atoms with Crippen LogP contribution in [-0.2, 0) is 11.2 Å². The first-order valence-corrected chi connectivity index (χ1v) is 12.4. The van der Waals surface area contributed by atoms with Gasteiger partial charge in [0.2, 0.25) is 0 Å². The number of carbonyl (C=O) groups is 1. The zero-order valence-electron chi connectivity index (χ0n) is 21.2. The van der Waals surface area contributed by atoms with E-state index < -0.39 is 5.97 Å². The molecule has 3 aromatic carbocycles. The highest BCUT2D eigenvalue weighted by atomic mass is 35.5. The van der Waals surface area contributed by atoms with Gasteiger partial charge >= 0.3 is 5.97 Å². The molecule has 10 heteroatoms. The van der Waals surface area contributed by atoms with Gasteiger partial charge in [-0.05, 0) is 72.1 Å². The molecule has 0 radical (unpaired) electrons. The number of anilines is 1. The van der Waals surface area contributed by atoms with Gasteiger partial charge in [0.05, 0.1) is 19.9 Å². The summed E-state index contributed by atoms with van der Waals surface area (Å²) in [7, 11) is 3.15. The number of carboxylic acids is 1. The quantitative estimate of drug-likeness (QED) is 0.227. The summed E-state index contributed by atoms with van der Waals surface area (Å²) in [6, 6.07) is 20.0. The van der Waals surface area contributed by atoms with Crippen molar-refractivity contribution < 1.29 is 24.1 Å². The second-order valence-electron chi connectivity index (χ2n) is 8.66. The van der Waals surface area contributed by atoms with Crippen molar-refractivity contribution in [3.63, 3.8) is 0 Å². The Bertz CT molecular complexity index is 1670. The maximum absolute atomic E-state index is 11.7. The lowest BCUT2D eigenvalue weighted by Crippen LogP contribution is -2.01. The number of carboxylic acid groups (broad SMARTS) is 1. The van der Waals surface area contributed by atoms with Gasteiger partial charge in [0.1, 0.15) is 23.3 Å². The molecule has 2 heterocycles. The first-order valence-electron chi connectivity index (χ1n) is 12.0. The van der Waals surface area contributed by atoms with Gasteiger partial charge in [-0.3, -0.25) is 4.79 Å². The molecule has 0 aliphatic heterocycles. The summed E-state index contributed by atoms with van der Waals surface area (Å²) < 4.78 is 18.7. The van der Waals surface area contributed by atoms with Crippen LogP contribution in [0, 0.1) is 0 Å². The van der Waals surface area contributed by atoms with E-state index in [0.29, 0.717) is 39.1 Å². The molecule has 0 saturated carbocycles. The highest BCUT2D eigenvalue weighted by molar-refractivity contribution is 6.30. The van der Waals surface area contributed by atoms with Crippen LogP contribution in [0.5, 0.6) is 23.0 Å². The fraction of sp³-hybridized carbons (Fsp3) is 0.138. The maximum atomic E-state index is 11.7. The zero-order valence-corrected chi connectivity index (χ0v) is 22.0. The van der Waals surface area contributed by atoms with Crippen molar-refractivity contribution >= 4 is 28.9 Å². The van der Waals surface area contributed by atoms with E-state index in [1.54, 1.807) is 49.1 Å². The number of hydrogen-bond acceptors (Lipinski definition) is 7. The number of halogens is 1. The summed E-state index contributed by atoms with van der Waals surface area (Å²) in [4.78, 5) is 15.9. The topological polar surface area (TPSA) is 121 Å². The van der Waals surface area contributed by atoms with Gasteiger partial charge in [0, 0.05) is 22.6 Å². The van der Waals surface area contributed by atoms with Gasteiger partial charge in [-0.2, -0.15) is 5.10 Å². The summed E-state index contributed by atoms with van der Waals surface area (Å²) >= 11 is 6.11. The monoisotopic (exact) mass is 544 g/mol. The molecule has 0 aliphatic carbocycles. The molecule has 0 atom stereocenters. The average Bonchev–Trinajstić information content (AvgIpc) is 3.27. The van der Waals surface area contributed by atoms with E-state index in [2.05, 4.69) is 10.1 Å². The molecule has 9 nitrogen and oxygen atoms in total. The fourth-order valence-corrected chi connectivity index (χ4v) is 4.74. The molecule has 0 bridgehead atoms. The Morgan fingerprint density at radius 3 is 2.44 bits per heavy atom. The van der Waals surface area contributed by atoms with Gasteiger partial charge in [-0.25, -0.2) is 9.50 Å². The summed E-state index contributed by atoms with van der Waals surface area (Å²) in [5.74, 6) is 1.55. The Morgan fingerprint density at radius 1 is 0.974 bits per heavy atom. The van der Waals surface area contributed by atoms with E-state index in [9.17, 15) is 9.90 Å². The van der Waals surface area contributed by atoms with Crippen LogP contribution in [0.25, 0.3) is 27.9 Å². The number of aromatic nitrogens is 3. The Labute approximate surface area is 229 Å². The van der Waals surface area contributed by atoms with Crippen molar-refractivity contribution in [3.05, 3.63) is 83.6 Å². The number of fused-ring (bicyclic) bond motifs is 1. The molecule has 0 saturated heterocycles. The second-order valence-corrected chi connectivity index (χ2v) is 9.09. The van der Waals surface area contributed by atoms with Gasteiger partial charge in [-0.1, -0.05) is 23.7 Å². The SMILES string of the molecule is COc1ccc(-c2c(CCC(=O)O)c(-c3ccc(Oc4cccc(Cl)c4)c(OC)c3)c3c(N)ncnn23)cc1. The Balaban J connectivity index is 1.72. The fourth-order valence-electron chi connectivity index (χ4n) is 4.56. The summed E-state index contributed by atoms with van der Waals surface area (Å²) in [5.41, 5.74) is 10.7. The summed E-state index contributed by atoms with van der Waals surface area (Å²) in [5, 5.41) is 14.6. The number of hydrogen-bond donors (Lipinski definition) is 2. The van der Waals surface area contributed by atoms with Crippen molar-refractivity contribution in [3.8, 4) is 45.4 Å². The van der Waals surface area contributed by atoms with Gasteiger partial charge < -0.3 is 25.1 Å². The highest BCUT2D eigenvalue weighted by Crippen LogP contribution is 2.43. The first kappa shape index (κ1) is 25.9. The molecule has 0 unspecified atom stereocenters. The Hall–Kier alpha value is -4.76. The number of nitrogens with zero attached hydrogens (tertiary/aromatic N) is 3.